The summed E-state index contributed by atoms with van der Waals surface area (Å²) in [6.45, 7) is 1.94. The number of benzene rings is 1. The van der Waals surface area contributed by atoms with Crippen LogP contribution in [0.5, 0.6) is 5.75 Å². The molecule has 86 valence electrons. The molecule has 5 heteroatoms. The molecule has 17 heavy (non-hydrogen) atoms. The second-order valence-corrected chi connectivity index (χ2v) is 4.44. The van der Waals surface area contributed by atoms with Crippen molar-refractivity contribution in [3.63, 3.8) is 0 Å². The maximum atomic E-state index is 13.2. The van der Waals surface area contributed by atoms with Gasteiger partial charge in [0, 0.05) is 0 Å². The van der Waals surface area contributed by atoms with Crippen molar-refractivity contribution in [1.29, 1.82) is 5.26 Å². The van der Waals surface area contributed by atoms with Crippen LogP contribution in [0.3, 0.4) is 0 Å². The molecule has 0 saturated carbocycles. The molecule has 0 aliphatic rings. The van der Waals surface area contributed by atoms with E-state index in [4.69, 9.17) is 10.00 Å². The Labute approximate surface area is 102 Å². The van der Waals surface area contributed by atoms with E-state index in [0.717, 1.165) is 0 Å². The topological polar surface area (TPSA) is 45.9 Å². The van der Waals surface area contributed by atoms with Crippen molar-refractivity contribution in [2.45, 2.75) is 13.5 Å². The number of aryl methyl sites for hydroxylation is 1. The van der Waals surface area contributed by atoms with E-state index >= 15 is 0 Å². The fourth-order valence-electron chi connectivity index (χ4n) is 1.32. The summed E-state index contributed by atoms with van der Waals surface area (Å²) in [5, 5.41) is 9.45. The van der Waals surface area contributed by atoms with Crippen LogP contribution in [0, 0.1) is 24.1 Å². The standard InChI is InChI=1S/C12H9FN2OS/c1-8-11(6-14)17-12(15-8)7-16-10-5-3-2-4-9(10)13/h2-5H,7H2,1H3. The predicted molar refractivity (Wildman–Crippen MR) is 62.3 cm³/mol. The van der Waals surface area contributed by atoms with Gasteiger partial charge in [-0.3, -0.25) is 0 Å². The van der Waals surface area contributed by atoms with Crippen LogP contribution in [0.25, 0.3) is 0 Å². The fourth-order valence-corrected chi connectivity index (χ4v) is 2.09. The van der Waals surface area contributed by atoms with Crippen molar-refractivity contribution in [1.82, 2.24) is 4.98 Å². The van der Waals surface area contributed by atoms with Gasteiger partial charge in [0.2, 0.25) is 0 Å². The van der Waals surface area contributed by atoms with E-state index in [1.807, 2.05) is 0 Å². The zero-order valence-electron chi connectivity index (χ0n) is 9.11. The molecule has 1 aromatic heterocycles. The van der Waals surface area contributed by atoms with Crippen LogP contribution in [0.2, 0.25) is 0 Å². The molecule has 0 radical (unpaired) electrons. The number of rotatable bonds is 3. The number of nitriles is 1. The summed E-state index contributed by atoms with van der Waals surface area (Å²) in [4.78, 5) is 4.74. The molecule has 1 heterocycles. The van der Waals surface area contributed by atoms with Gasteiger partial charge in [-0.15, -0.1) is 11.3 Å². The third-order valence-corrected chi connectivity index (χ3v) is 3.17. The smallest absolute Gasteiger partial charge is 0.165 e. The second-order valence-electron chi connectivity index (χ2n) is 3.35. The van der Waals surface area contributed by atoms with Crippen molar-refractivity contribution in [3.05, 3.63) is 45.7 Å². The molecule has 0 aliphatic heterocycles. The Bertz CT molecular complexity index is 574. The van der Waals surface area contributed by atoms with Gasteiger partial charge in [-0.25, -0.2) is 9.37 Å². The molecular weight excluding hydrogens is 239 g/mol. The van der Waals surface area contributed by atoms with Gasteiger partial charge in [-0.05, 0) is 19.1 Å². The molecule has 0 atom stereocenters. The van der Waals surface area contributed by atoms with Crippen LogP contribution in [0.1, 0.15) is 15.6 Å². The van der Waals surface area contributed by atoms with Crippen molar-refractivity contribution in [2.75, 3.05) is 0 Å². The van der Waals surface area contributed by atoms with E-state index in [0.29, 0.717) is 15.6 Å². The van der Waals surface area contributed by atoms with E-state index in [2.05, 4.69) is 11.1 Å². The summed E-state index contributed by atoms with van der Waals surface area (Å²) in [6, 6.07) is 8.25. The van der Waals surface area contributed by atoms with E-state index < -0.39 is 5.82 Å². The average Bonchev–Trinajstić information content (AvgIpc) is 2.69. The van der Waals surface area contributed by atoms with Crippen molar-refractivity contribution < 1.29 is 9.13 Å². The van der Waals surface area contributed by atoms with Crippen LogP contribution in [0.4, 0.5) is 4.39 Å². The first-order chi connectivity index (χ1) is 8.20. The van der Waals surface area contributed by atoms with Gasteiger partial charge < -0.3 is 4.74 Å². The maximum absolute atomic E-state index is 13.2. The van der Waals surface area contributed by atoms with Gasteiger partial charge in [0.1, 0.15) is 22.6 Å². The molecule has 2 aromatic rings. The normalized spacial score (nSPS) is 9.94. The number of hydrogen-bond donors (Lipinski definition) is 0. The third kappa shape index (κ3) is 2.60. The molecule has 2 rings (SSSR count). The largest absolute Gasteiger partial charge is 0.483 e. The molecule has 0 aliphatic carbocycles. The highest BCUT2D eigenvalue weighted by Crippen LogP contribution is 2.20. The average molecular weight is 248 g/mol. The van der Waals surface area contributed by atoms with Gasteiger partial charge in [-0.2, -0.15) is 5.26 Å². The molecule has 0 saturated heterocycles. The summed E-state index contributed by atoms with van der Waals surface area (Å²) in [7, 11) is 0. The van der Waals surface area contributed by atoms with E-state index in [1.54, 1.807) is 25.1 Å². The van der Waals surface area contributed by atoms with Crippen molar-refractivity contribution in [3.8, 4) is 11.8 Å². The maximum Gasteiger partial charge on any atom is 0.165 e. The minimum absolute atomic E-state index is 0.175. The highest BCUT2D eigenvalue weighted by atomic mass is 32.1. The molecule has 0 N–H and O–H groups in total. The summed E-state index contributed by atoms with van der Waals surface area (Å²) < 4.78 is 18.5. The number of nitrogens with zero attached hydrogens (tertiary/aromatic N) is 2. The molecule has 0 bridgehead atoms. The third-order valence-electron chi connectivity index (χ3n) is 2.13. The summed E-state index contributed by atoms with van der Waals surface area (Å²) in [6.07, 6.45) is 0. The first kappa shape index (κ1) is 11.6. The Morgan fingerprint density at radius 2 is 2.24 bits per heavy atom. The van der Waals surface area contributed by atoms with Crippen LogP contribution >= 0.6 is 11.3 Å². The van der Waals surface area contributed by atoms with Gasteiger partial charge in [0.25, 0.3) is 0 Å². The number of hydrogen-bond acceptors (Lipinski definition) is 4. The number of aromatic nitrogens is 1. The monoisotopic (exact) mass is 248 g/mol. The Morgan fingerprint density at radius 3 is 2.88 bits per heavy atom. The lowest BCUT2D eigenvalue weighted by Crippen LogP contribution is -1.96. The predicted octanol–water partition coefficient (Wildman–Crippen LogP) is 3.04. The van der Waals surface area contributed by atoms with Crippen molar-refractivity contribution in [2.24, 2.45) is 0 Å². The molecule has 0 amide bonds. The number of thiazole rings is 1. The summed E-state index contributed by atoms with van der Waals surface area (Å²) in [5.41, 5.74) is 0.685. The molecule has 0 spiro atoms. The minimum Gasteiger partial charge on any atom is -0.483 e. The lowest BCUT2D eigenvalue weighted by atomic mass is 10.3. The van der Waals surface area contributed by atoms with E-state index in [9.17, 15) is 4.39 Å². The zero-order chi connectivity index (χ0) is 12.3. The Kier molecular flexibility index (Phi) is 3.35. The van der Waals surface area contributed by atoms with Gasteiger partial charge in [0.05, 0.1) is 5.69 Å². The minimum atomic E-state index is -0.402. The molecule has 1 aromatic carbocycles. The molecule has 3 nitrogen and oxygen atoms in total. The van der Waals surface area contributed by atoms with Gasteiger partial charge in [0.15, 0.2) is 11.6 Å². The SMILES string of the molecule is Cc1nc(COc2ccccc2F)sc1C#N. The first-order valence-corrected chi connectivity index (χ1v) is 5.76. The first-order valence-electron chi connectivity index (χ1n) is 4.94. The number of halogens is 1. The van der Waals surface area contributed by atoms with E-state index in [-0.39, 0.29) is 12.4 Å². The Balaban J connectivity index is 2.08. The lowest BCUT2D eigenvalue weighted by Gasteiger charge is -2.04. The quantitative estimate of drug-likeness (QED) is 0.838. The van der Waals surface area contributed by atoms with Crippen molar-refractivity contribution >= 4 is 11.3 Å². The number of para-hydroxylation sites is 1. The van der Waals surface area contributed by atoms with Crippen LogP contribution in [-0.4, -0.2) is 4.98 Å². The summed E-state index contributed by atoms with van der Waals surface area (Å²) >= 11 is 1.26. The second kappa shape index (κ2) is 4.93. The highest BCUT2D eigenvalue weighted by Gasteiger charge is 2.08. The van der Waals surface area contributed by atoms with Crippen LogP contribution < -0.4 is 4.74 Å². The molecule has 0 unspecified atom stereocenters. The van der Waals surface area contributed by atoms with Crippen LogP contribution in [-0.2, 0) is 6.61 Å². The lowest BCUT2D eigenvalue weighted by molar-refractivity contribution is 0.289. The van der Waals surface area contributed by atoms with E-state index in [1.165, 1.54) is 17.4 Å². The fraction of sp³-hybridized carbons (Fsp3) is 0.167. The Hall–Kier alpha value is -1.93. The molecule has 0 fully saturated rings. The Morgan fingerprint density at radius 1 is 1.47 bits per heavy atom. The number of ether oxygens (including phenoxy) is 1. The van der Waals surface area contributed by atoms with Gasteiger partial charge in [-0.1, -0.05) is 12.1 Å². The van der Waals surface area contributed by atoms with Gasteiger partial charge >= 0.3 is 0 Å². The molecular formula is C12H9FN2OS. The highest BCUT2D eigenvalue weighted by molar-refractivity contribution is 7.12. The van der Waals surface area contributed by atoms with Crippen LogP contribution in [0.15, 0.2) is 24.3 Å². The summed E-state index contributed by atoms with van der Waals surface area (Å²) in [5.74, 6) is -0.208. The zero-order valence-corrected chi connectivity index (χ0v) is 9.92.